The Morgan fingerprint density at radius 3 is 3.06 bits per heavy atom. The number of hydrazine groups is 1. The summed E-state index contributed by atoms with van der Waals surface area (Å²) in [5.74, 6) is 6.42. The zero-order chi connectivity index (χ0) is 12.4. The Labute approximate surface area is 109 Å². The Morgan fingerprint density at radius 1 is 1.50 bits per heavy atom. The topological polar surface area (TPSA) is 80.2 Å². The van der Waals surface area contributed by atoms with Crippen LogP contribution in [0.1, 0.15) is 24.3 Å². The Kier molecular flexibility index (Phi) is 3.26. The molecule has 0 spiro atoms. The SMILES string of the molecule is NNc1snnc1CN(Cc1ccco1)C1CC1. The highest BCUT2D eigenvalue weighted by Crippen LogP contribution is 2.31. The summed E-state index contributed by atoms with van der Waals surface area (Å²) < 4.78 is 9.32. The molecule has 3 rings (SSSR count). The van der Waals surface area contributed by atoms with Gasteiger partial charge in [-0.15, -0.1) is 5.10 Å². The number of nitrogen functional groups attached to an aromatic ring is 1. The average molecular weight is 265 g/mol. The van der Waals surface area contributed by atoms with Gasteiger partial charge in [-0.05, 0) is 25.0 Å². The van der Waals surface area contributed by atoms with E-state index in [-0.39, 0.29) is 0 Å². The zero-order valence-corrected chi connectivity index (χ0v) is 10.7. The number of anilines is 1. The molecule has 96 valence electrons. The molecule has 2 aromatic rings. The van der Waals surface area contributed by atoms with Crippen LogP contribution in [0.25, 0.3) is 0 Å². The molecule has 6 nitrogen and oxygen atoms in total. The molecule has 18 heavy (non-hydrogen) atoms. The lowest BCUT2D eigenvalue weighted by Crippen LogP contribution is -2.25. The van der Waals surface area contributed by atoms with Crippen molar-refractivity contribution >= 4 is 16.5 Å². The molecule has 0 unspecified atom stereocenters. The van der Waals surface area contributed by atoms with E-state index in [4.69, 9.17) is 10.3 Å². The van der Waals surface area contributed by atoms with Crippen molar-refractivity contribution in [2.24, 2.45) is 5.84 Å². The molecular weight excluding hydrogens is 250 g/mol. The fourth-order valence-electron chi connectivity index (χ4n) is 1.97. The standard InChI is InChI=1S/C11H15N5OS/c12-13-11-10(14-15-18-11)7-16(8-3-4-8)6-9-2-1-5-17-9/h1-2,5,8,13H,3-4,6-7,12H2. The summed E-state index contributed by atoms with van der Waals surface area (Å²) in [6, 6.07) is 4.54. The first kappa shape index (κ1) is 11.6. The van der Waals surface area contributed by atoms with Crippen molar-refractivity contribution in [1.29, 1.82) is 0 Å². The Bertz CT molecular complexity index is 493. The second-order valence-corrected chi connectivity index (χ2v) is 5.16. The number of hydrogen-bond acceptors (Lipinski definition) is 7. The molecular formula is C11H15N5OS. The number of furan rings is 1. The molecule has 0 bridgehead atoms. The highest BCUT2D eigenvalue weighted by atomic mass is 32.1. The second kappa shape index (κ2) is 5.05. The van der Waals surface area contributed by atoms with Crippen LogP contribution in [0.5, 0.6) is 0 Å². The second-order valence-electron chi connectivity index (χ2n) is 4.41. The molecule has 1 aliphatic carbocycles. The van der Waals surface area contributed by atoms with Gasteiger partial charge in [0.05, 0.1) is 12.8 Å². The van der Waals surface area contributed by atoms with Crippen LogP contribution in [0.2, 0.25) is 0 Å². The molecule has 2 aromatic heterocycles. The van der Waals surface area contributed by atoms with Gasteiger partial charge in [-0.3, -0.25) is 4.90 Å². The van der Waals surface area contributed by atoms with Gasteiger partial charge in [-0.25, -0.2) is 5.84 Å². The van der Waals surface area contributed by atoms with Gasteiger partial charge in [0.1, 0.15) is 16.5 Å². The highest BCUT2D eigenvalue weighted by Gasteiger charge is 2.30. The zero-order valence-electron chi connectivity index (χ0n) is 9.87. The quantitative estimate of drug-likeness (QED) is 0.610. The van der Waals surface area contributed by atoms with Crippen molar-refractivity contribution in [3.8, 4) is 0 Å². The molecule has 0 amide bonds. The molecule has 0 aliphatic heterocycles. The first-order chi connectivity index (χ1) is 8.86. The smallest absolute Gasteiger partial charge is 0.148 e. The van der Waals surface area contributed by atoms with Gasteiger partial charge >= 0.3 is 0 Å². The van der Waals surface area contributed by atoms with Gasteiger partial charge in [0.15, 0.2) is 0 Å². The molecule has 1 aliphatic rings. The maximum atomic E-state index is 5.44. The Balaban J connectivity index is 1.70. The van der Waals surface area contributed by atoms with E-state index in [0.717, 1.165) is 29.5 Å². The lowest BCUT2D eigenvalue weighted by atomic mass is 10.3. The van der Waals surface area contributed by atoms with Gasteiger partial charge in [0.25, 0.3) is 0 Å². The lowest BCUT2D eigenvalue weighted by Gasteiger charge is -2.19. The summed E-state index contributed by atoms with van der Waals surface area (Å²) in [7, 11) is 0. The van der Waals surface area contributed by atoms with Crippen LogP contribution in [0, 0.1) is 0 Å². The number of nitrogens with one attached hydrogen (secondary N) is 1. The van der Waals surface area contributed by atoms with Crippen molar-refractivity contribution in [2.45, 2.75) is 32.0 Å². The summed E-state index contributed by atoms with van der Waals surface area (Å²) >= 11 is 1.28. The van der Waals surface area contributed by atoms with Gasteiger partial charge in [0.2, 0.25) is 0 Å². The fourth-order valence-corrected chi connectivity index (χ4v) is 2.46. The van der Waals surface area contributed by atoms with Crippen molar-refractivity contribution in [2.75, 3.05) is 5.43 Å². The third kappa shape index (κ3) is 2.53. The van der Waals surface area contributed by atoms with Gasteiger partial charge in [-0.1, -0.05) is 4.49 Å². The van der Waals surface area contributed by atoms with E-state index >= 15 is 0 Å². The van der Waals surface area contributed by atoms with Gasteiger partial charge in [0, 0.05) is 24.1 Å². The summed E-state index contributed by atoms with van der Waals surface area (Å²) in [6.07, 6.45) is 4.19. The van der Waals surface area contributed by atoms with Crippen LogP contribution in [-0.2, 0) is 13.1 Å². The summed E-state index contributed by atoms with van der Waals surface area (Å²) in [5, 5.41) is 4.95. The van der Waals surface area contributed by atoms with Gasteiger partial charge < -0.3 is 9.84 Å². The maximum absolute atomic E-state index is 5.44. The molecule has 0 aromatic carbocycles. The van der Waals surface area contributed by atoms with E-state index in [1.54, 1.807) is 6.26 Å². The minimum atomic E-state index is 0.627. The predicted molar refractivity (Wildman–Crippen MR) is 68.7 cm³/mol. The lowest BCUT2D eigenvalue weighted by molar-refractivity contribution is 0.223. The molecule has 2 heterocycles. The number of aromatic nitrogens is 2. The fraction of sp³-hybridized carbons (Fsp3) is 0.455. The molecule has 3 N–H and O–H groups in total. The van der Waals surface area contributed by atoms with Crippen LogP contribution in [0.3, 0.4) is 0 Å². The summed E-state index contributed by atoms with van der Waals surface area (Å²) in [4.78, 5) is 2.36. The van der Waals surface area contributed by atoms with Crippen molar-refractivity contribution in [3.63, 3.8) is 0 Å². The van der Waals surface area contributed by atoms with E-state index < -0.39 is 0 Å². The van der Waals surface area contributed by atoms with Crippen molar-refractivity contribution in [1.82, 2.24) is 14.5 Å². The Hall–Kier alpha value is -1.44. The minimum absolute atomic E-state index is 0.627. The molecule has 0 saturated heterocycles. The van der Waals surface area contributed by atoms with E-state index in [0.29, 0.717) is 6.04 Å². The van der Waals surface area contributed by atoms with Crippen LogP contribution in [-0.4, -0.2) is 20.5 Å². The van der Waals surface area contributed by atoms with Crippen molar-refractivity contribution in [3.05, 3.63) is 29.9 Å². The highest BCUT2D eigenvalue weighted by molar-refractivity contribution is 7.10. The molecule has 1 fully saturated rings. The Morgan fingerprint density at radius 2 is 2.39 bits per heavy atom. The normalized spacial score (nSPS) is 15.2. The third-order valence-electron chi connectivity index (χ3n) is 3.04. The number of hydrogen-bond donors (Lipinski definition) is 2. The van der Waals surface area contributed by atoms with E-state index in [1.807, 2.05) is 12.1 Å². The first-order valence-electron chi connectivity index (χ1n) is 5.91. The molecule has 0 atom stereocenters. The predicted octanol–water partition coefficient (Wildman–Crippen LogP) is 1.58. The van der Waals surface area contributed by atoms with Crippen LogP contribution in [0.15, 0.2) is 22.8 Å². The summed E-state index contributed by atoms with van der Waals surface area (Å²) in [6.45, 7) is 1.56. The maximum Gasteiger partial charge on any atom is 0.148 e. The molecule has 1 saturated carbocycles. The van der Waals surface area contributed by atoms with E-state index in [1.165, 1.54) is 24.4 Å². The van der Waals surface area contributed by atoms with Crippen molar-refractivity contribution < 1.29 is 4.42 Å². The van der Waals surface area contributed by atoms with E-state index in [2.05, 4.69) is 19.9 Å². The third-order valence-corrected chi connectivity index (χ3v) is 3.74. The average Bonchev–Trinajstić information content (AvgIpc) is 2.92. The number of nitrogens with zero attached hydrogens (tertiary/aromatic N) is 3. The minimum Gasteiger partial charge on any atom is -0.468 e. The first-order valence-corrected chi connectivity index (χ1v) is 6.68. The van der Waals surface area contributed by atoms with Gasteiger partial charge in [-0.2, -0.15) is 0 Å². The number of rotatable bonds is 6. The van der Waals surface area contributed by atoms with Crippen LogP contribution >= 0.6 is 11.5 Å². The number of nitrogens with two attached hydrogens (primary N) is 1. The van der Waals surface area contributed by atoms with E-state index in [9.17, 15) is 0 Å². The largest absolute Gasteiger partial charge is 0.468 e. The van der Waals surface area contributed by atoms with Crippen LogP contribution < -0.4 is 11.3 Å². The van der Waals surface area contributed by atoms with Crippen LogP contribution in [0.4, 0.5) is 5.00 Å². The molecule has 0 radical (unpaired) electrons. The summed E-state index contributed by atoms with van der Waals surface area (Å²) in [5.41, 5.74) is 3.55. The monoisotopic (exact) mass is 265 g/mol. The molecule has 7 heteroatoms.